The van der Waals surface area contributed by atoms with Gasteiger partial charge in [0.25, 0.3) is 0 Å². The van der Waals surface area contributed by atoms with Gasteiger partial charge in [-0.15, -0.1) is 0 Å². The summed E-state index contributed by atoms with van der Waals surface area (Å²) in [7, 11) is 0. The lowest BCUT2D eigenvalue weighted by Crippen LogP contribution is -2.34. The molecule has 0 bridgehead atoms. The molecule has 0 aromatic heterocycles. The normalized spacial score (nSPS) is 12.8. The molecule has 1 atom stereocenters. The van der Waals surface area contributed by atoms with Crippen molar-refractivity contribution in [3.63, 3.8) is 0 Å². The Morgan fingerprint density at radius 3 is 2.56 bits per heavy atom. The summed E-state index contributed by atoms with van der Waals surface area (Å²) in [4.78, 5) is 0. The van der Waals surface area contributed by atoms with Gasteiger partial charge < -0.3 is 16.2 Å². The second-order valence-electron chi connectivity index (χ2n) is 5.49. The van der Waals surface area contributed by atoms with E-state index in [0.717, 1.165) is 5.69 Å². The summed E-state index contributed by atoms with van der Waals surface area (Å²) in [5.74, 6) is 0. The number of nitriles is 1. The Hall–Kier alpha value is -1.73. The van der Waals surface area contributed by atoms with E-state index in [1.165, 1.54) is 0 Å². The predicted octanol–water partition coefficient (Wildman–Crippen LogP) is 2.35. The van der Waals surface area contributed by atoms with Crippen LogP contribution in [0.25, 0.3) is 0 Å². The van der Waals surface area contributed by atoms with Gasteiger partial charge >= 0.3 is 0 Å². The third-order valence-corrected chi connectivity index (χ3v) is 2.98. The second-order valence-corrected chi connectivity index (χ2v) is 5.49. The molecule has 0 aliphatic carbocycles. The maximum atomic E-state index is 9.11. The maximum absolute atomic E-state index is 9.11. The fourth-order valence-electron chi connectivity index (χ4n) is 1.81. The van der Waals surface area contributed by atoms with Crippen molar-refractivity contribution in [3.8, 4) is 6.07 Å². The standard InChI is InChI=1S/C14H21N3O/c1-14(2,3)13(6-7-18)17-11-5-4-10(9-15)12(16)8-11/h4-5,8,13,17-18H,6-7,16H2,1-3H3. The highest BCUT2D eigenvalue weighted by Crippen LogP contribution is 2.26. The summed E-state index contributed by atoms with van der Waals surface area (Å²) < 4.78 is 0. The second kappa shape index (κ2) is 5.74. The molecule has 4 heteroatoms. The summed E-state index contributed by atoms with van der Waals surface area (Å²) in [6.45, 7) is 6.49. The van der Waals surface area contributed by atoms with Gasteiger partial charge in [-0.3, -0.25) is 0 Å². The van der Waals surface area contributed by atoms with E-state index >= 15 is 0 Å². The molecule has 0 radical (unpaired) electrons. The zero-order valence-corrected chi connectivity index (χ0v) is 11.2. The van der Waals surface area contributed by atoms with Gasteiger partial charge in [-0.05, 0) is 30.0 Å². The quantitative estimate of drug-likeness (QED) is 0.713. The third-order valence-electron chi connectivity index (χ3n) is 2.98. The number of hydrogen-bond acceptors (Lipinski definition) is 4. The summed E-state index contributed by atoms with van der Waals surface area (Å²) in [5, 5.41) is 21.3. The number of hydrogen-bond donors (Lipinski definition) is 3. The van der Waals surface area contributed by atoms with Crippen LogP contribution in [-0.4, -0.2) is 17.8 Å². The van der Waals surface area contributed by atoms with Crippen LogP contribution in [0.15, 0.2) is 18.2 Å². The van der Waals surface area contributed by atoms with Crippen LogP contribution in [0.4, 0.5) is 11.4 Å². The molecule has 0 spiro atoms. The lowest BCUT2D eigenvalue weighted by atomic mass is 9.84. The smallest absolute Gasteiger partial charge is 0.101 e. The van der Waals surface area contributed by atoms with Gasteiger partial charge in [0.15, 0.2) is 0 Å². The van der Waals surface area contributed by atoms with Crippen LogP contribution in [0.3, 0.4) is 0 Å². The molecule has 98 valence electrons. The summed E-state index contributed by atoms with van der Waals surface area (Å²) in [5.41, 5.74) is 7.64. The molecule has 0 amide bonds. The van der Waals surface area contributed by atoms with Crippen molar-refractivity contribution < 1.29 is 5.11 Å². The average molecular weight is 247 g/mol. The predicted molar refractivity (Wildman–Crippen MR) is 74.1 cm³/mol. The Morgan fingerprint density at radius 2 is 2.11 bits per heavy atom. The van der Waals surface area contributed by atoms with Crippen LogP contribution in [0, 0.1) is 16.7 Å². The van der Waals surface area contributed by atoms with E-state index in [4.69, 9.17) is 16.1 Å². The summed E-state index contributed by atoms with van der Waals surface area (Å²) in [6, 6.07) is 7.49. The number of nitrogens with two attached hydrogens (primary N) is 1. The summed E-state index contributed by atoms with van der Waals surface area (Å²) in [6.07, 6.45) is 0.670. The fourth-order valence-corrected chi connectivity index (χ4v) is 1.81. The first-order valence-corrected chi connectivity index (χ1v) is 6.05. The minimum absolute atomic E-state index is 0.0331. The Bertz CT molecular complexity index is 443. The van der Waals surface area contributed by atoms with Crippen LogP contribution < -0.4 is 11.1 Å². The number of aliphatic hydroxyl groups excluding tert-OH is 1. The fraction of sp³-hybridized carbons (Fsp3) is 0.500. The number of rotatable bonds is 4. The number of anilines is 2. The van der Waals surface area contributed by atoms with Crippen LogP contribution >= 0.6 is 0 Å². The average Bonchev–Trinajstić information content (AvgIpc) is 2.27. The number of benzene rings is 1. The molecule has 1 unspecified atom stereocenters. The van der Waals surface area contributed by atoms with Gasteiger partial charge in [0.1, 0.15) is 6.07 Å². The van der Waals surface area contributed by atoms with Crippen molar-refractivity contribution >= 4 is 11.4 Å². The molecule has 0 fully saturated rings. The van der Waals surface area contributed by atoms with Crippen LogP contribution in [0.2, 0.25) is 0 Å². The van der Waals surface area contributed by atoms with Crippen molar-refractivity contribution in [2.75, 3.05) is 17.7 Å². The molecule has 4 nitrogen and oxygen atoms in total. The van der Waals surface area contributed by atoms with Gasteiger partial charge in [0.05, 0.1) is 11.3 Å². The Balaban J connectivity index is 2.88. The number of nitrogens with one attached hydrogen (secondary N) is 1. The van der Waals surface area contributed by atoms with E-state index in [1.807, 2.05) is 12.1 Å². The van der Waals surface area contributed by atoms with Crippen LogP contribution in [-0.2, 0) is 0 Å². The molecule has 0 saturated carbocycles. The Morgan fingerprint density at radius 1 is 1.44 bits per heavy atom. The molecule has 18 heavy (non-hydrogen) atoms. The van der Waals surface area contributed by atoms with Crippen molar-refractivity contribution in [2.45, 2.75) is 33.2 Å². The van der Waals surface area contributed by atoms with E-state index in [0.29, 0.717) is 17.7 Å². The van der Waals surface area contributed by atoms with Crippen molar-refractivity contribution in [1.82, 2.24) is 0 Å². The zero-order chi connectivity index (χ0) is 13.8. The first-order chi connectivity index (χ1) is 8.38. The van der Waals surface area contributed by atoms with E-state index in [1.54, 1.807) is 12.1 Å². The van der Waals surface area contributed by atoms with Crippen LogP contribution in [0.1, 0.15) is 32.8 Å². The Kier molecular flexibility index (Phi) is 4.57. The van der Waals surface area contributed by atoms with Gasteiger partial charge in [0.2, 0.25) is 0 Å². The zero-order valence-electron chi connectivity index (χ0n) is 11.2. The van der Waals surface area contributed by atoms with E-state index in [9.17, 15) is 0 Å². The lowest BCUT2D eigenvalue weighted by molar-refractivity contribution is 0.235. The van der Waals surface area contributed by atoms with Gasteiger partial charge in [-0.2, -0.15) is 5.26 Å². The molecule has 0 aliphatic rings. The maximum Gasteiger partial charge on any atom is 0.101 e. The highest BCUT2D eigenvalue weighted by Gasteiger charge is 2.23. The Labute approximate surface area is 108 Å². The molecule has 1 aromatic rings. The van der Waals surface area contributed by atoms with Gasteiger partial charge in [-0.1, -0.05) is 20.8 Å². The summed E-state index contributed by atoms with van der Waals surface area (Å²) >= 11 is 0. The molecule has 1 aromatic carbocycles. The first kappa shape index (κ1) is 14.3. The minimum atomic E-state index is 0.0331. The van der Waals surface area contributed by atoms with Crippen molar-refractivity contribution in [3.05, 3.63) is 23.8 Å². The van der Waals surface area contributed by atoms with E-state index in [-0.39, 0.29) is 18.1 Å². The van der Waals surface area contributed by atoms with E-state index in [2.05, 4.69) is 26.1 Å². The highest BCUT2D eigenvalue weighted by molar-refractivity contribution is 5.63. The number of aliphatic hydroxyl groups is 1. The van der Waals surface area contributed by atoms with Crippen molar-refractivity contribution in [2.24, 2.45) is 5.41 Å². The molecule has 4 N–H and O–H groups in total. The first-order valence-electron chi connectivity index (χ1n) is 6.05. The van der Waals surface area contributed by atoms with Crippen LogP contribution in [0.5, 0.6) is 0 Å². The molecular formula is C14H21N3O. The number of nitrogens with zero attached hydrogens (tertiary/aromatic N) is 1. The molecule has 0 saturated heterocycles. The monoisotopic (exact) mass is 247 g/mol. The third kappa shape index (κ3) is 3.64. The topological polar surface area (TPSA) is 82.1 Å². The lowest BCUT2D eigenvalue weighted by Gasteiger charge is -2.32. The largest absolute Gasteiger partial charge is 0.398 e. The van der Waals surface area contributed by atoms with E-state index < -0.39 is 0 Å². The van der Waals surface area contributed by atoms with Crippen molar-refractivity contribution in [1.29, 1.82) is 5.26 Å². The SMILES string of the molecule is CC(C)(C)C(CCO)Nc1ccc(C#N)c(N)c1. The van der Waals surface area contributed by atoms with Gasteiger partial charge in [0, 0.05) is 18.3 Å². The minimum Gasteiger partial charge on any atom is -0.398 e. The molecular weight excluding hydrogens is 226 g/mol. The molecule has 1 rings (SSSR count). The van der Waals surface area contributed by atoms with Gasteiger partial charge in [-0.25, -0.2) is 0 Å². The molecule has 0 aliphatic heterocycles. The number of nitrogen functional groups attached to an aromatic ring is 1. The highest BCUT2D eigenvalue weighted by atomic mass is 16.3. The molecule has 0 heterocycles.